The second kappa shape index (κ2) is 5.69. The fourth-order valence-electron chi connectivity index (χ4n) is 2.10. The van der Waals surface area contributed by atoms with Gasteiger partial charge in [0.2, 0.25) is 5.91 Å². The van der Waals surface area contributed by atoms with Crippen LogP contribution in [-0.4, -0.2) is 49.0 Å². The van der Waals surface area contributed by atoms with Gasteiger partial charge in [-0.2, -0.15) is 0 Å². The lowest BCUT2D eigenvalue weighted by Gasteiger charge is -2.23. The van der Waals surface area contributed by atoms with Crippen molar-refractivity contribution in [3.63, 3.8) is 0 Å². The molecule has 1 heterocycles. The van der Waals surface area contributed by atoms with Crippen molar-refractivity contribution in [2.75, 3.05) is 27.2 Å². The van der Waals surface area contributed by atoms with Gasteiger partial charge in [-0.15, -0.1) is 0 Å². The van der Waals surface area contributed by atoms with Gasteiger partial charge in [-0.3, -0.25) is 14.4 Å². The molecule has 0 aromatic carbocycles. The Labute approximate surface area is 109 Å². The van der Waals surface area contributed by atoms with Gasteiger partial charge in [0.15, 0.2) is 0 Å². The van der Waals surface area contributed by atoms with E-state index in [9.17, 15) is 9.59 Å². The Morgan fingerprint density at radius 2 is 2.00 bits per heavy atom. The van der Waals surface area contributed by atoms with Crippen molar-refractivity contribution in [3.05, 3.63) is 0 Å². The summed E-state index contributed by atoms with van der Waals surface area (Å²) in [7, 11) is 3.07. The predicted octanol–water partition coefficient (Wildman–Crippen LogP) is 1.29. The molecule has 0 aliphatic carbocycles. The lowest BCUT2D eigenvalue weighted by atomic mass is 9.92. The molecule has 0 spiro atoms. The quantitative estimate of drug-likeness (QED) is 0.715. The van der Waals surface area contributed by atoms with Crippen LogP contribution >= 0.6 is 0 Å². The van der Waals surface area contributed by atoms with Crippen molar-refractivity contribution in [2.24, 2.45) is 11.3 Å². The van der Waals surface area contributed by atoms with Crippen LogP contribution < -0.4 is 0 Å². The third-order valence-electron chi connectivity index (χ3n) is 3.16. The van der Waals surface area contributed by atoms with Crippen molar-refractivity contribution >= 4 is 11.8 Å². The highest BCUT2D eigenvalue weighted by atomic mass is 16.7. The lowest BCUT2D eigenvalue weighted by molar-refractivity contribution is -0.173. The summed E-state index contributed by atoms with van der Waals surface area (Å²) in [6.07, 6.45) is 1.25. The summed E-state index contributed by atoms with van der Waals surface area (Å²) in [5.74, 6) is -0.0414. The first kappa shape index (κ1) is 15.0. The number of likely N-dealkylation sites (tertiary alicyclic amines) is 1. The Bertz CT molecular complexity index is 323. The second-order valence-corrected chi connectivity index (χ2v) is 6.08. The van der Waals surface area contributed by atoms with Gasteiger partial charge < -0.3 is 4.90 Å². The number of rotatable bonds is 3. The Hall–Kier alpha value is -1.10. The fourth-order valence-corrected chi connectivity index (χ4v) is 2.10. The normalized spacial score (nSPS) is 20.1. The van der Waals surface area contributed by atoms with Gasteiger partial charge in [0.05, 0.1) is 13.0 Å². The molecule has 0 saturated carbocycles. The van der Waals surface area contributed by atoms with Crippen molar-refractivity contribution in [3.8, 4) is 0 Å². The Kier molecular flexibility index (Phi) is 4.73. The van der Waals surface area contributed by atoms with Crippen LogP contribution in [-0.2, 0) is 14.4 Å². The number of carbonyl (C=O) groups excluding carboxylic acids is 2. The molecule has 1 aliphatic rings. The van der Waals surface area contributed by atoms with Crippen LogP contribution in [0.25, 0.3) is 0 Å². The summed E-state index contributed by atoms with van der Waals surface area (Å²) in [5.41, 5.74) is -0.0114. The molecule has 1 aliphatic heterocycles. The molecule has 5 nitrogen and oxygen atoms in total. The minimum absolute atomic E-state index is 0.0114. The maximum Gasteiger partial charge on any atom is 0.250 e. The molecule has 104 valence electrons. The second-order valence-electron chi connectivity index (χ2n) is 6.08. The highest BCUT2D eigenvalue weighted by Crippen LogP contribution is 2.24. The standard InChI is InChI=1S/C13H24N2O3/c1-13(2,3)8-11(16)15-7-6-10(9-15)12(17)14(4)18-5/h10H,6-9H2,1-5H3/t10-/m1/s1. The van der Waals surface area contributed by atoms with Gasteiger partial charge >= 0.3 is 0 Å². The molecule has 1 fully saturated rings. The molecule has 0 radical (unpaired) electrons. The molecule has 1 atom stereocenters. The molecule has 5 heteroatoms. The van der Waals surface area contributed by atoms with Crippen LogP contribution in [0.4, 0.5) is 0 Å². The topological polar surface area (TPSA) is 49.9 Å². The zero-order chi connectivity index (χ0) is 13.9. The maximum absolute atomic E-state index is 12.0. The van der Waals surface area contributed by atoms with E-state index < -0.39 is 0 Å². The molecular weight excluding hydrogens is 232 g/mol. The third kappa shape index (κ3) is 3.98. The third-order valence-corrected chi connectivity index (χ3v) is 3.16. The minimum Gasteiger partial charge on any atom is -0.342 e. The van der Waals surface area contributed by atoms with E-state index in [-0.39, 0.29) is 23.1 Å². The SMILES string of the molecule is CON(C)C(=O)[C@@H]1CCN(C(=O)CC(C)(C)C)C1. The zero-order valence-electron chi connectivity index (χ0n) is 12.0. The molecule has 0 bridgehead atoms. The van der Waals surface area contributed by atoms with Gasteiger partial charge in [-0.25, -0.2) is 5.06 Å². The number of carbonyl (C=O) groups is 2. The molecular formula is C13H24N2O3. The highest BCUT2D eigenvalue weighted by Gasteiger charge is 2.33. The van der Waals surface area contributed by atoms with E-state index in [1.54, 1.807) is 11.9 Å². The van der Waals surface area contributed by atoms with Crippen LogP contribution in [0.1, 0.15) is 33.6 Å². The molecule has 0 aromatic rings. The summed E-state index contributed by atoms with van der Waals surface area (Å²) in [4.78, 5) is 30.6. The highest BCUT2D eigenvalue weighted by molar-refractivity contribution is 5.81. The number of nitrogens with zero attached hydrogens (tertiary/aromatic N) is 2. The molecule has 0 N–H and O–H groups in total. The van der Waals surface area contributed by atoms with Gasteiger partial charge in [-0.05, 0) is 11.8 Å². The first-order valence-electron chi connectivity index (χ1n) is 6.34. The summed E-state index contributed by atoms with van der Waals surface area (Å²) in [6, 6.07) is 0. The van der Waals surface area contributed by atoms with Crippen LogP contribution in [0, 0.1) is 11.3 Å². The molecule has 1 saturated heterocycles. The Morgan fingerprint density at radius 3 is 2.50 bits per heavy atom. The van der Waals surface area contributed by atoms with Crippen LogP contribution in [0.2, 0.25) is 0 Å². The van der Waals surface area contributed by atoms with E-state index in [0.29, 0.717) is 19.5 Å². The van der Waals surface area contributed by atoms with Crippen molar-refractivity contribution in [1.82, 2.24) is 9.96 Å². The first-order chi connectivity index (χ1) is 8.24. The number of hydrogen-bond donors (Lipinski definition) is 0. The summed E-state index contributed by atoms with van der Waals surface area (Å²) in [5, 5.41) is 1.24. The smallest absolute Gasteiger partial charge is 0.250 e. The molecule has 0 aromatic heterocycles. The Balaban J connectivity index is 2.51. The van der Waals surface area contributed by atoms with Gasteiger partial charge in [0, 0.05) is 26.6 Å². The average molecular weight is 256 g/mol. The van der Waals surface area contributed by atoms with Crippen molar-refractivity contribution < 1.29 is 14.4 Å². The fraction of sp³-hybridized carbons (Fsp3) is 0.846. The largest absolute Gasteiger partial charge is 0.342 e. The van der Waals surface area contributed by atoms with Gasteiger partial charge in [-0.1, -0.05) is 20.8 Å². The van der Waals surface area contributed by atoms with E-state index in [4.69, 9.17) is 4.84 Å². The van der Waals surface area contributed by atoms with Gasteiger partial charge in [0.1, 0.15) is 0 Å². The summed E-state index contributed by atoms with van der Waals surface area (Å²) < 4.78 is 0. The average Bonchev–Trinajstić information content (AvgIpc) is 2.73. The van der Waals surface area contributed by atoms with Crippen LogP contribution in [0.5, 0.6) is 0 Å². The van der Waals surface area contributed by atoms with Gasteiger partial charge in [0.25, 0.3) is 5.91 Å². The predicted molar refractivity (Wildman–Crippen MR) is 68.5 cm³/mol. The molecule has 0 unspecified atom stereocenters. The summed E-state index contributed by atoms with van der Waals surface area (Å²) in [6.45, 7) is 7.32. The first-order valence-corrected chi connectivity index (χ1v) is 6.34. The van der Waals surface area contributed by atoms with E-state index in [0.717, 1.165) is 6.42 Å². The molecule has 18 heavy (non-hydrogen) atoms. The van der Waals surface area contributed by atoms with E-state index in [1.165, 1.54) is 12.2 Å². The molecule has 2 amide bonds. The van der Waals surface area contributed by atoms with E-state index in [1.807, 2.05) is 20.8 Å². The van der Waals surface area contributed by atoms with Crippen LogP contribution in [0.3, 0.4) is 0 Å². The number of hydroxylamine groups is 2. The number of hydrogen-bond acceptors (Lipinski definition) is 3. The molecule has 1 rings (SSSR count). The monoisotopic (exact) mass is 256 g/mol. The minimum atomic E-state index is -0.126. The van der Waals surface area contributed by atoms with Crippen LogP contribution in [0.15, 0.2) is 0 Å². The van der Waals surface area contributed by atoms with E-state index >= 15 is 0 Å². The number of amides is 2. The summed E-state index contributed by atoms with van der Waals surface area (Å²) >= 11 is 0. The maximum atomic E-state index is 12.0. The Morgan fingerprint density at radius 1 is 1.39 bits per heavy atom. The lowest BCUT2D eigenvalue weighted by Crippen LogP contribution is -2.36. The zero-order valence-corrected chi connectivity index (χ0v) is 12.0. The van der Waals surface area contributed by atoms with Crippen molar-refractivity contribution in [1.29, 1.82) is 0 Å². The van der Waals surface area contributed by atoms with E-state index in [2.05, 4.69) is 0 Å². The van der Waals surface area contributed by atoms with Crippen molar-refractivity contribution in [2.45, 2.75) is 33.6 Å².